The van der Waals surface area contributed by atoms with E-state index in [1.165, 1.54) is 6.07 Å². The van der Waals surface area contributed by atoms with Gasteiger partial charge in [0, 0.05) is 24.5 Å². The van der Waals surface area contributed by atoms with E-state index in [-0.39, 0.29) is 12.2 Å². The molecule has 0 bridgehead atoms. The van der Waals surface area contributed by atoms with E-state index in [4.69, 9.17) is 22.1 Å². The molecule has 1 aromatic carbocycles. The van der Waals surface area contributed by atoms with Crippen LogP contribution in [0.15, 0.2) is 42.7 Å². The van der Waals surface area contributed by atoms with Crippen LogP contribution in [-0.2, 0) is 11.2 Å². The standard InChI is InChI=1S/C14H13ClN2O2/c15-13-4-3-11(16)8-12(13)14(18)19-7-5-10-2-1-6-17-9-10/h1-4,6,8-9H,5,7,16H2. The van der Waals surface area contributed by atoms with Gasteiger partial charge in [0.25, 0.3) is 0 Å². The highest BCUT2D eigenvalue weighted by Gasteiger charge is 2.12. The molecule has 19 heavy (non-hydrogen) atoms. The highest BCUT2D eigenvalue weighted by molar-refractivity contribution is 6.33. The number of nitrogens with zero attached hydrogens (tertiary/aromatic N) is 1. The molecule has 0 atom stereocenters. The molecule has 4 nitrogen and oxygen atoms in total. The van der Waals surface area contributed by atoms with E-state index in [0.29, 0.717) is 17.1 Å². The summed E-state index contributed by atoms with van der Waals surface area (Å²) < 4.78 is 5.16. The summed E-state index contributed by atoms with van der Waals surface area (Å²) in [6.45, 7) is 0.273. The number of ether oxygens (including phenoxy) is 1. The van der Waals surface area contributed by atoms with Crippen molar-refractivity contribution in [1.82, 2.24) is 4.98 Å². The van der Waals surface area contributed by atoms with E-state index in [2.05, 4.69) is 4.98 Å². The Hall–Kier alpha value is -2.07. The third-order valence-electron chi connectivity index (χ3n) is 2.56. The van der Waals surface area contributed by atoms with Crippen molar-refractivity contribution in [2.45, 2.75) is 6.42 Å². The van der Waals surface area contributed by atoms with Gasteiger partial charge in [-0.15, -0.1) is 0 Å². The minimum absolute atomic E-state index is 0.273. The number of aromatic nitrogens is 1. The smallest absolute Gasteiger partial charge is 0.339 e. The van der Waals surface area contributed by atoms with E-state index in [9.17, 15) is 4.79 Å². The summed E-state index contributed by atoms with van der Waals surface area (Å²) in [4.78, 5) is 15.8. The molecule has 0 radical (unpaired) electrons. The predicted octanol–water partition coefficient (Wildman–Crippen LogP) is 2.72. The molecular formula is C14H13ClN2O2. The Balaban J connectivity index is 1.93. The van der Waals surface area contributed by atoms with Gasteiger partial charge in [0.2, 0.25) is 0 Å². The van der Waals surface area contributed by atoms with Crippen LogP contribution in [0.25, 0.3) is 0 Å². The number of pyridine rings is 1. The lowest BCUT2D eigenvalue weighted by Crippen LogP contribution is -2.09. The van der Waals surface area contributed by atoms with Crippen LogP contribution >= 0.6 is 11.6 Å². The Morgan fingerprint density at radius 1 is 1.37 bits per heavy atom. The first-order valence-electron chi connectivity index (χ1n) is 5.78. The molecule has 1 aromatic heterocycles. The normalized spacial score (nSPS) is 10.2. The number of halogens is 1. The monoisotopic (exact) mass is 276 g/mol. The third-order valence-corrected chi connectivity index (χ3v) is 2.89. The first kappa shape index (κ1) is 13.4. The first-order chi connectivity index (χ1) is 9.16. The Labute approximate surface area is 116 Å². The Morgan fingerprint density at radius 2 is 2.21 bits per heavy atom. The van der Waals surface area contributed by atoms with Crippen molar-refractivity contribution >= 4 is 23.3 Å². The van der Waals surface area contributed by atoms with Gasteiger partial charge >= 0.3 is 5.97 Å². The van der Waals surface area contributed by atoms with Crippen LogP contribution in [0.4, 0.5) is 5.69 Å². The molecule has 0 spiro atoms. The van der Waals surface area contributed by atoms with Crippen LogP contribution in [0, 0.1) is 0 Å². The zero-order chi connectivity index (χ0) is 13.7. The number of esters is 1. The molecule has 98 valence electrons. The van der Waals surface area contributed by atoms with Crippen molar-refractivity contribution in [3.8, 4) is 0 Å². The second-order valence-electron chi connectivity index (χ2n) is 3.99. The largest absolute Gasteiger partial charge is 0.462 e. The fraction of sp³-hybridized carbons (Fsp3) is 0.143. The van der Waals surface area contributed by atoms with Gasteiger partial charge in [-0.1, -0.05) is 17.7 Å². The number of hydrogen-bond acceptors (Lipinski definition) is 4. The number of nitrogens with two attached hydrogens (primary N) is 1. The summed E-state index contributed by atoms with van der Waals surface area (Å²) >= 11 is 5.92. The molecule has 2 aromatic rings. The zero-order valence-corrected chi connectivity index (χ0v) is 10.9. The van der Waals surface area contributed by atoms with Gasteiger partial charge in [-0.05, 0) is 29.8 Å². The summed E-state index contributed by atoms with van der Waals surface area (Å²) in [5, 5.41) is 0.334. The van der Waals surface area contributed by atoms with E-state index in [1.54, 1.807) is 24.5 Å². The SMILES string of the molecule is Nc1ccc(Cl)c(C(=O)OCCc2cccnc2)c1. The van der Waals surface area contributed by atoms with Crippen LogP contribution in [0.5, 0.6) is 0 Å². The number of benzene rings is 1. The molecule has 0 aliphatic carbocycles. The number of nitrogen functional groups attached to an aromatic ring is 1. The molecule has 5 heteroatoms. The minimum Gasteiger partial charge on any atom is -0.462 e. The van der Waals surface area contributed by atoms with Crippen LogP contribution in [0.3, 0.4) is 0 Å². The van der Waals surface area contributed by atoms with Gasteiger partial charge in [-0.25, -0.2) is 4.79 Å². The van der Waals surface area contributed by atoms with Gasteiger partial charge in [0.05, 0.1) is 17.2 Å². The van der Waals surface area contributed by atoms with Crippen molar-refractivity contribution in [3.63, 3.8) is 0 Å². The summed E-state index contributed by atoms with van der Waals surface area (Å²) in [7, 11) is 0. The summed E-state index contributed by atoms with van der Waals surface area (Å²) in [6, 6.07) is 8.48. The molecule has 1 heterocycles. The van der Waals surface area contributed by atoms with Gasteiger partial charge < -0.3 is 10.5 Å². The van der Waals surface area contributed by atoms with Gasteiger partial charge in [-0.3, -0.25) is 4.98 Å². The minimum atomic E-state index is -0.471. The van der Waals surface area contributed by atoms with Crippen molar-refractivity contribution in [1.29, 1.82) is 0 Å². The number of rotatable bonds is 4. The molecule has 0 fully saturated rings. The number of anilines is 1. The second kappa shape index (κ2) is 6.20. The lowest BCUT2D eigenvalue weighted by atomic mass is 10.2. The van der Waals surface area contributed by atoms with Crippen LogP contribution in [0.2, 0.25) is 5.02 Å². The summed E-state index contributed by atoms with van der Waals surface area (Å²) in [5.74, 6) is -0.471. The molecule has 2 N–H and O–H groups in total. The third kappa shape index (κ3) is 3.69. The Kier molecular flexibility index (Phi) is 4.36. The average Bonchev–Trinajstić information content (AvgIpc) is 2.42. The fourth-order valence-corrected chi connectivity index (χ4v) is 1.78. The van der Waals surface area contributed by atoms with Gasteiger partial charge in [0.1, 0.15) is 0 Å². The van der Waals surface area contributed by atoms with Crippen molar-refractivity contribution in [3.05, 3.63) is 58.9 Å². The highest BCUT2D eigenvalue weighted by Crippen LogP contribution is 2.19. The highest BCUT2D eigenvalue weighted by atomic mass is 35.5. The number of carbonyl (C=O) groups excluding carboxylic acids is 1. The number of hydrogen-bond donors (Lipinski definition) is 1. The van der Waals surface area contributed by atoms with E-state index in [0.717, 1.165) is 5.56 Å². The Bertz CT molecular complexity index is 573. The lowest BCUT2D eigenvalue weighted by Gasteiger charge is -2.07. The molecule has 2 rings (SSSR count). The maximum absolute atomic E-state index is 11.8. The predicted molar refractivity (Wildman–Crippen MR) is 74.1 cm³/mol. The van der Waals surface area contributed by atoms with E-state index >= 15 is 0 Å². The van der Waals surface area contributed by atoms with Crippen LogP contribution < -0.4 is 5.73 Å². The van der Waals surface area contributed by atoms with Crippen LogP contribution in [-0.4, -0.2) is 17.6 Å². The topological polar surface area (TPSA) is 65.2 Å². The van der Waals surface area contributed by atoms with E-state index < -0.39 is 5.97 Å². The summed E-state index contributed by atoms with van der Waals surface area (Å²) in [5.41, 5.74) is 7.38. The maximum atomic E-state index is 11.8. The first-order valence-corrected chi connectivity index (χ1v) is 6.15. The molecule has 0 saturated carbocycles. The zero-order valence-electron chi connectivity index (χ0n) is 10.2. The molecule has 0 amide bonds. The van der Waals surface area contributed by atoms with Crippen molar-refractivity contribution in [2.75, 3.05) is 12.3 Å². The molecule has 0 aliphatic heterocycles. The quantitative estimate of drug-likeness (QED) is 0.689. The van der Waals surface area contributed by atoms with Gasteiger partial charge in [0.15, 0.2) is 0 Å². The van der Waals surface area contributed by atoms with E-state index in [1.807, 2.05) is 12.1 Å². The van der Waals surface area contributed by atoms with Crippen molar-refractivity contribution < 1.29 is 9.53 Å². The van der Waals surface area contributed by atoms with Crippen molar-refractivity contribution in [2.24, 2.45) is 0 Å². The molecule has 0 aliphatic rings. The second-order valence-corrected chi connectivity index (χ2v) is 4.39. The summed E-state index contributed by atoms with van der Waals surface area (Å²) in [6.07, 6.45) is 4.04. The van der Waals surface area contributed by atoms with Gasteiger partial charge in [-0.2, -0.15) is 0 Å². The lowest BCUT2D eigenvalue weighted by molar-refractivity contribution is 0.0509. The molecule has 0 saturated heterocycles. The fourth-order valence-electron chi connectivity index (χ4n) is 1.58. The average molecular weight is 277 g/mol. The number of carbonyl (C=O) groups is 1. The maximum Gasteiger partial charge on any atom is 0.339 e. The molecule has 0 unspecified atom stereocenters. The van der Waals surface area contributed by atoms with Crippen LogP contribution in [0.1, 0.15) is 15.9 Å². The Morgan fingerprint density at radius 3 is 2.95 bits per heavy atom. The molecular weight excluding hydrogens is 264 g/mol.